The molecule has 0 saturated heterocycles. The van der Waals surface area contributed by atoms with E-state index in [9.17, 15) is 10.2 Å². The number of phenolic OH excluding ortho intramolecular Hbond substituents is 2. The van der Waals surface area contributed by atoms with Crippen molar-refractivity contribution in [2.24, 2.45) is 0 Å². The average Bonchev–Trinajstić information content (AvgIpc) is 2.88. The summed E-state index contributed by atoms with van der Waals surface area (Å²) in [6, 6.07) is 6.48. The van der Waals surface area contributed by atoms with Crippen LogP contribution in [0.4, 0.5) is 0 Å². The number of hydrogen-bond donors (Lipinski definition) is 3. The summed E-state index contributed by atoms with van der Waals surface area (Å²) in [6.45, 7) is 0.345. The first kappa shape index (κ1) is 12.1. The summed E-state index contributed by atoms with van der Waals surface area (Å²) in [5.74, 6) is 0.738. The van der Waals surface area contributed by atoms with Gasteiger partial charge in [0.1, 0.15) is 24.2 Å². The van der Waals surface area contributed by atoms with E-state index in [2.05, 4.69) is 0 Å². The van der Waals surface area contributed by atoms with Crippen LogP contribution in [-0.2, 0) is 17.8 Å². The van der Waals surface area contributed by atoms with Crippen LogP contribution in [0.5, 0.6) is 11.5 Å². The molecule has 0 bridgehead atoms. The predicted octanol–water partition coefficient (Wildman–Crippen LogP) is 1.85. The zero-order chi connectivity index (χ0) is 13.4. The van der Waals surface area contributed by atoms with Gasteiger partial charge in [-0.05, 0) is 41.8 Å². The number of phenols is 2. The summed E-state index contributed by atoms with van der Waals surface area (Å²) in [5, 5.41) is 28.2. The van der Waals surface area contributed by atoms with E-state index in [-0.39, 0.29) is 18.1 Å². The summed E-state index contributed by atoms with van der Waals surface area (Å²) >= 11 is 0. The molecule has 100 valence electrons. The lowest BCUT2D eigenvalue weighted by atomic mass is 9.95. The highest BCUT2D eigenvalue weighted by Gasteiger charge is 2.26. The third-order valence-corrected chi connectivity index (χ3v) is 3.27. The number of aromatic hydroxyl groups is 2. The fourth-order valence-corrected chi connectivity index (χ4v) is 2.33. The fourth-order valence-electron chi connectivity index (χ4n) is 2.33. The Morgan fingerprint density at radius 1 is 1.16 bits per heavy atom. The standard InChI is InChI=1S/C14H14O5/c15-7-9-1-2-13(19-9)14-10-6-12(17)11(16)5-8(10)3-4-18-14/h1-2,5-6,14-17H,3-4,7H2/t14-/m0/s1. The molecule has 2 aromatic rings. The van der Waals surface area contributed by atoms with Crippen LogP contribution in [0.15, 0.2) is 28.7 Å². The molecule has 3 N–H and O–H groups in total. The second kappa shape index (κ2) is 4.60. The summed E-state index contributed by atoms with van der Waals surface area (Å²) < 4.78 is 11.2. The molecule has 3 rings (SSSR count). The normalized spacial score (nSPS) is 18.3. The molecule has 0 unspecified atom stereocenters. The van der Waals surface area contributed by atoms with E-state index < -0.39 is 6.10 Å². The predicted molar refractivity (Wildman–Crippen MR) is 65.9 cm³/mol. The molecule has 5 nitrogen and oxygen atoms in total. The van der Waals surface area contributed by atoms with Crippen molar-refractivity contribution in [3.8, 4) is 11.5 Å². The Balaban J connectivity index is 2.04. The van der Waals surface area contributed by atoms with Crippen LogP contribution in [0.2, 0.25) is 0 Å². The lowest BCUT2D eigenvalue weighted by molar-refractivity contribution is 0.0530. The highest BCUT2D eigenvalue weighted by molar-refractivity contribution is 5.48. The lowest BCUT2D eigenvalue weighted by Gasteiger charge is -2.25. The maximum Gasteiger partial charge on any atom is 0.157 e. The van der Waals surface area contributed by atoms with Crippen molar-refractivity contribution in [2.75, 3.05) is 6.61 Å². The molecule has 1 aliphatic heterocycles. The molecule has 0 radical (unpaired) electrons. The largest absolute Gasteiger partial charge is 0.504 e. The van der Waals surface area contributed by atoms with Crippen molar-refractivity contribution in [1.29, 1.82) is 0 Å². The summed E-state index contributed by atoms with van der Waals surface area (Å²) in [7, 11) is 0. The molecular formula is C14H14O5. The second-order valence-corrected chi connectivity index (χ2v) is 4.50. The maximum atomic E-state index is 9.62. The van der Waals surface area contributed by atoms with E-state index in [1.165, 1.54) is 6.07 Å². The number of hydrogen-bond acceptors (Lipinski definition) is 5. The van der Waals surface area contributed by atoms with Crippen LogP contribution < -0.4 is 0 Å². The smallest absolute Gasteiger partial charge is 0.157 e. The van der Waals surface area contributed by atoms with Gasteiger partial charge >= 0.3 is 0 Å². The number of aliphatic hydroxyl groups excluding tert-OH is 1. The Morgan fingerprint density at radius 2 is 1.95 bits per heavy atom. The van der Waals surface area contributed by atoms with Gasteiger partial charge in [0.2, 0.25) is 0 Å². The highest BCUT2D eigenvalue weighted by atomic mass is 16.5. The van der Waals surface area contributed by atoms with E-state index in [1.807, 2.05) is 0 Å². The highest BCUT2D eigenvalue weighted by Crippen LogP contribution is 2.39. The molecule has 1 aromatic carbocycles. The van der Waals surface area contributed by atoms with Crippen molar-refractivity contribution in [2.45, 2.75) is 19.1 Å². The molecule has 2 heterocycles. The topological polar surface area (TPSA) is 83.1 Å². The number of benzene rings is 1. The van der Waals surface area contributed by atoms with Crippen molar-refractivity contribution in [3.63, 3.8) is 0 Å². The van der Waals surface area contributed by atoms with Gasteiger partial charge in [0.25, 0.3) is 0 Å². The van der Waals surface area contributed by atoms with Crippen LogP contribution in [0.1, 0.15) is 28.8 Å². The van der Waals surface area contributed by atoms with Gasteiger partial charge in [0.15, 0.2) is 11.5 Å². The SMILES string of the molecule is OCc1ccc([C@H]2OCCc3cc(O)c(O)cc32)o1. The maximum absolute atomic E-state index is 9.62. The van der Waals surface area contributed by atoms with Crippen molar-refractivity contribution < 1.29 is 24.5 Å². The molecule has 0 aliphatic carbocycles. The molecule has 0 saturated carbocycles. The Morgan fingerprint density at radius 3 is 2.68 bits per heavy atom. The van der Waals surface area contributed by atoms with E-state index in [4.69, 9.17) is 14.3 Å². The second-order valence-electron chi connectivity index (χ2n) is 4.50. The molecule has 1 aliphatic rings. The average molecular weight is 262 g/mol. The van der Waals surface area contributed by atoms with Gasteiger partial charge in [0.05, 0.1) is 6.61 Å². The van der Waals surface area contributed by atoms with Gasteiger partial charge in [-0.25, -0.2) is 0 Å². The Hall–Kier alpha value is -1.98. The lowest BCUT2D eigenvalue weighted by Crippen LogP contribution is -2.16. The number of ether oxygens (including phenoxy) is 1. The zero-order valence-electron chi connectivity index (χ0n) is 10.2. The number of fused-ring (bicyclic) bond motifs is 1. The summed E-state index contributed by atoms with van der Waals surface area (Å²) in [5.41, 5.74) is 1.70. The summed E-state index contributed by atoms with van der Waals surface area (Å²) in [6.07, 6.45) is 0.253. The van der Waals surface area contributed by atoms with E-state index in [0.717, 1.165) is 11.1 Å². The Kier molecular flexibility index (Phi) is 2.93. The summed E-state index contributed by atoms with van der Waals surface area (Å²) in [4.78, 5) is 0. The molecule has 1 aromatic heterocycles. The number of aliphatic hydroxyl groups is 1. The van der Waals surface area contributed by atoms with Crippen molar-refractivity contribution in [3.05, 3.63) is 46.9 Å². The first-order chi connectivity index (χ1) is 9.19. The minimum absolute atomic E-state index is 0.130. The molecule has 19 heavy (non-hydrogen) atoms. The fraction of sp³-hybridized carbons (Fsp3) is 0.286. The Labute approximate surface area is 109 Å². The van der Waals surface area contributed by atoms with Crippen LogP contribution in [0, 0.1) is 0 Å². The molecular weight excluding hydrogens is 248 g/mol. The third-order valence-electron chi connectivity index (χ3n) is 3.27. The first-order valence-electron chi connectivity index (χ1n) is 6.05. The molecule has 0 amide bonds. The number of rotatable bonds is 2. The van der Waals surface area contributed by atoms with Gasteiger partial charge in [-0.3, -0.25) is 0 Å². The molecule has 1 atom stereocenters. The van der Waals surface area contributed by atoms with Gasteiger partial charge in [-0.15, -0.1) is 0 Å². The van der Waals surface area contributed by atoms with Crippen LogP contribution >= 0.6 is 0 Å². The van der Waals surface area contributed by atoms with E-state index in [0.29, 0.717) is 24.5 Å². The Bertz CT molecular complexity index is 602. The molecule has 0 spiro atoms. The minimum Gasteiger partial charge on any atom is -0.504 e. The van der Waals surface area contributed by atoms with Crippen molar-refractivity contribution in [1.82, 2.24) is 0 Å². The van der Waals surface area contributed by atoms with Gasteiger partial charge in [0, 0.05) is 0 Å². The number of furan rings is 1. The van der Waals surface area contributed by atoms with E-state index >= 15 is 0 Å². The van der Waals surface area contributed by atoms with Gasteiger partial charge in [-0.2, -0.15) is 0 Å². The molecule has 5 heteroatoms. The van der Waals surface area contributed by atoms with Crippen molar-refractivity contribution >= 4 is 0 Å². The van der Waals surface area contributed by atoms with Gasteiger partial charge < -0.3 is 24.5 Å². The third kappa shape index (κ3) is 2.07. The van der Waals surface area contributed by atoms with Crippen LogP contribution in [-0.4, -0.2) is 21.9 Å². The van der Waals surface area contributed by atoms with Gasteiger partial charge in [-0.1, -0.05) is 0 Å². The first-order valence-corrected chi connectivity index (χ1v) is 6.05. The minimum atomic E-state index is -0.421. The van der Waals surface area contributed by atoms with Crippen LogP contribution in [0.3, 0.4) is 0 Å². The van der Waals surface area contributed by atoms with E-state index in [1.54, 1.807) is 18.2 Å². The quantitative estimate of drug-likeness (QED) is 0.719. The van der Waals surface area contributed by atoms with Crippen LogP contribution in [0.25, 0.3) is 0 Å². The molecule has 0 fully saturated rings. The zero-order valence-corrected chi connectivity index (χ0v) is 10.2. The monoisotopic (exact) mass is 262 g/mol.